The number of carbonyl (C=O) groups excluding carboxylic acids is 1. The van der Waals surface area contributed by atoms with Gasteiger partial charge in [0.05, 0.1) is 16.7 Å². The normalized spacial score (nSPS) is 11.0. The largest absolute Gasteiger partial charge is 0.379 e. The highest BCUT2D eigenvalue weighted by molar-refractivity contribution is 5.93. The Morgan fingerprint density at radius 1 is 1.15 bits per heavy atom. The van der Waals surface area contributed by atoms with Crippen LogP contribution in [0.3, 0.4) is 0 Å². The molecule has 0 saturated heterocycles. The lowest BCUT2D eigenvalue weighted by atomic mass is 10.3. The van der Waals surface area contributed by atoms with Crippen LogP contribution in [0.15, 0.2) is 47.1 Å². The van der Waals surface area contributed by atoms with E-state index in [0.717, 1.165) is 6.07 Å². The number of anilines is 2. The number of hydrogen-bond donors (Lipinski definition) is 2. The molecule has 4 aromatic rings. The third kappa shape index (κ3) is 2.97. The first-order valence-corrected chi connectivity index (χ1v) is 7.82. The van der Waals surface area contributed by atoms with Gasteiger partial charge in [0.1, 0.15) is 6.54 Å². The number of carbonyl (C=O) groups is 1. The van der Waals surface area contributed by atoms with Gasteiger partial charge >= 0.3 is 0 Å². The summed E-state index contributed by atoms with van der Waals surface area (Å²) in [5.41, 5.74) is 6.89. The van der Waals surface area contributed by atoms with Crippen molar-refractivity contribution in [1.29, 1.82) is 0 Å². The summed E-state index contributed by atoms with van der Waals surface area (Å²) in [5, 5.41) is 9.59. The molecule has 136 valence electrons. The number of rotatable bonds is 4. The Morgan fingerprint density at radius 2 is 1.96 bits per heavy atom. The van der Waals surface area contributed by atoms with Crippen molar-refractivity contribution in [2.24, 2.45) is 0 Å². The van der Waals surface area contributed by atoms with Crippen molar-refractivity contribution in [1.82, 2.24) is 19.9 Å². The predicted molar refractivity (Wildman–Crippen MR) is 92.4 cm³/mol. The molecule has 0 aliphatic carbocycles. The molecule has 1 amide bonds. The van der Waals surface area contributed by atoms with Crippen LogP contribution in [0.4, 0.5) is 20.3 Å². The van der Waals surface area contributed by atoms with E-state index < -0.39 is 17.5 Å². The monoisotopic (exact) mass is 370 g/mol. The number of fused-ring (bicyclic) bond motifs is 1. The van der Waals surface area contributed by atoms with Gasteiger partial charge in [-0.25, -0.2) is 18.4 Å². The Balaban J connectivity index is 1.72. The molecule has 3 N–H and O–H groups in total. The van der Waals surface area contributed by atoms with Gasteiger partial charge in [0.15, 0.2) is 29.0 Å². The van der Waals surface area contributed by atoms with Crippen molar-refractivity contribution in [3.05, 3.63) is 54.1 Å². The highest BCUT2D eigenvalue weighted by Crippen LogP contribution is 2.26. The summed E-state index contributed by atoms with van der Waals surface area (Å²) >= 11 is 0. The van der Waals surface area contributed by atoms with Crippen LogP contribution in [-0.4, -0.2) is 25.8 Å². The highest BCUT2D eigenvalue weighted by Gasteiger charge is 2.21. The number of nitrogen functional groups attached to an aromatic ring is 1. The Kier molecular flexibility index (Phi) is 3.99. The van der Waals surface area contributed by atoms with E-state index in [1.54, 1.807) is 24.3 Å². The fourth-order valence-electron chi connectivity index (χ4n) is 2.70. The molecular weight excluding hydrogens is 358 g/mol. The predicted octanol–water partition coefficient (Wildman–Crippen LogP) is 2.59. The number of halogens is 2. The summed E-state index contributed by atoms with van der Waals surface area (Å²) < 4.78 is 33.3. The average Bonchev–Trinajstić information content (AvgIpc) is 3.22. The van der Waals surface area contributed by atoms with E-state index in [-0.39, 0.29) is 29.6 Å². The molecule has 27 heavy (non-hydrogen) atoms. The molecule has 0 saturated carbocycles. The maximum Gasteiger partial charge on any atom is 0.244 e. The van der Waals surface area contributed by atoms with Crippen LogP contribution in [-0.2, 0) is 11.3 Å². The number of hydrogen-bond acceptors (Lipinski definition) is 6. The van der Waals surface area contributed by atoms with Crippen LogP contribution in [0.1, 0.15) is 0 Å². The lowest BCUT2D eigenvalue weighted by Gasteiger charge is -2.10. The van der Waals surface area contributed by atoms with E-state index in [2.05, 4.69) is 25.2 Å². The number of nitrogens with zero attached hydrogens (tertiary/aromatic N) is 4. The zero-order valence-corrected chi connectivity index (χ0v) is 13.7. The number of aromatic nitrogens is 4. The van der Waals surface area contributed by atoms with E-state index in [9.17, 15) is 13.6 Å². The first-order valence-electron chi connectivity index (χ1n) is 7.82. The summed E-state index contributed by atoms with van der Waals surface area (Å²) in [5.74, 6) is -2.48. The SMILES string of the molecule is Nc1nonc1-c1nc2ccccc2n1CC(=O)Nc1cccc(F)c1F. The van der Waals surface area contributed by atoms with Gasteiger partial charge < -0.3 is 15.6 Å². The molecule has 0 aliphatic rings. The average molecular weight is 370 g/mol. The van der Waals surface area contributed by atoms with E-state index in [1.807, 2.05) is 0 Å². The first kappa shape index (κ1) is 16.6. The van der Waals surface area contributed by atoms with E-state index in [4.69, 9.17) is 5.73 Å². The first-order chi connectivity index (χ1) is 13.0. The number of nitrogens with one attached hydrogen (secondary N) is 1. The fraction of sp³-hybridized carbons (Fsp3) is 0.0588. The van der Waals surface area contributed by atoms with Crippen LogP contribution in [0, 0.1) is 11.6 Å². The molecule has 0 radical (unpaired) electrons. The molecule has 4 rings (SSSR count). The second-order valence-corrected chi connectivity index (χ2v) is 5.66. The molecule has 10 heteroatoms. The maximum absolute atomic E-state index is 13.8. The lowest BCUT2D eigenvalue weighted by molar-refractivity contribution is -0.116. The Labute approximate surface area is 150 Å². The number of imidazole rings is 1. The molecule has 2 aromatic heterocycles. The van der Waals surface area contributed by atoms with Crippen molar-refractivity contribution < 1.29 is 18.2 Å². The van der Waals surface area contributed by atoms with Crippen molar-refractivity contribution in [3.8, 4) is 11.5 Å². The second-order valence-electron chi connectivity index (χ2n) is 5.66. The quantitative estimate of drug-likeness (QED) is 0.571. The van der Waals surface area contributed by atoms with E-state index >= 15 is 0 Å². The molecule has 0 aliphatic heterocycles. The second kappa shape index (κ2) is 6.48. The van der Waals surface area contributed by atoms with Crippen molar-refractivity contribution in [2.45, 2.75) is 6.54 Å². The molecule has 2 heterocycles. The topological polar surface area (TPSA) is 112 Å². The Hall–Kier alpha value is -3.82. The van der Waals surface area contributed by atoms with Gasteiger partial charge in [-0.3, -0.25) is 4.79 Å². The molecule has 8 nitrogen and oxygen atoms in total. The van der Waals surface area contributed by atoms with Crippen LogP contribution in [0.5, 0.6) is 0 Å². The molecule has 0 spiro atoms. The van der Waals surface area contributed by atoms with Crippen LogP contribution < -0.4 is 11.1 Å². The summed E-state index contributed by atoms with van der Waals surface area (Å²) in [6, 6.07) is 10.6. The Bertz CT molecular complexity index is 1150. The van der Waals surface area contributed by atoms with Gasteiger partial charge in [0.2, 0.25) is 5.91 Å². The molecule has 0 bridgehead atoms. The van der Waals surface area contributed by atoms with Crippen LogP contribution >= 0.6 is 0 Å². The summed E-state index contributed by atoms with van der Waals surface area (Å²) in [4.78, 5) is 16.9. The summed E-state index contributed by atoms with van der Waals surface area (Å²) in [6.45, 7) is -0.238. The minimum atomic E-state index is -1.13. The van der Waals surface area contributed by atoms with Gasteiger partial charge in [-0.15, -0.1) is 0 Å². The molecular formula is C17H12F2N6O2. The third-order valence-corrected chi connectivity index (χ3v) is 3.91. The molecule has 0 atom stereocenters. The van der Waals surface area contributed by atoms with Gasteiger partial charge in [-0.2, -0.15) is 0 Å². The minimum absolute atomic E-state index is 0.0168. The minimum Gasteiger partial charge on any atom is -0.379 e. The zero-order valence-electron chi connectivity index (χ0n) is 13.7. The number of nitrogens with two attached hydrogens (primary N) is 1. The lowest BCUT2D eigenvalue weighted by Crippen LogP contribution is -2.20. The van der Waals surface area contributed by atoms with Gasteiger partial charge in [0, 0.05) is 0 Å². The number of para-hydroxylation sites is 2. The van der Waals surface area contributed by atoms with Crippen LogP contribution in [0.2, 0.25) is 0 Å². The van der Waals surface area contributed by atoms with Gasteiger partial charge in [0.25, 0.3) is 0 Å². The molecule has 0 unspecified atom stereocenters. The van der Waals surface area contributed by atoms with Crippen molar-refractivity contribution >= 4 is 28.4 Å². The van der Waals surface area contributed by atoms with E-state index in [0.29, 0.717) is 11.0 Å². The third-order valence-electron chi connectivity index (χ3n) is 3.91. The highest BCUT2D eigenvalue weighted by atomic mass is 19.2. The summed E-state index contributed by atoms with van der Waals surface area (Å²) in [6.07, 6.45) is 0. The molecule has 2 aromatic carbocycles. The van der Waals surface area contributed by atoms with Crippen molar-refractivity contribution in [2.75, 3.05) is 11.1 Å². The number of benzene rings is 2. The zero-order chi connectivity index (χ0) is 19.0. The fourth-order valence-corrected chi connectivity index (χ4v) is 2.70. The maximum atomic E-state index is 13.8. The standard InChI is InChI=1S/C17H12F2N6O2/c18-9-4-3-6-11(14(9)19)21-13(26)8-25-12-7-2-1-5-10(12)22-17(25)15-16(20)24-27-23-15/h1-7H,8H2,(H2,20,24)(H,21,26). The van der Waals surface area contributed by atoms with E-state index in [1.165, 1.54) is 16.7 Å². The van der Waals surface area contributed by atoms with Crippen LogP contribution in [0.25, 0.3) is 22.6 Å². The smallest absolute Gasteiger partial charge is 0.244 e. The van der Waals surface area contributed by atoms with Crippen molar-refractivity contribution in [3.63, 3.8) is 0 Å². The van der Waals surface area contributed by atoms with Gasteiger partial charge in [-0.05, 0) is 34.6 Å². The molecule has 0 fully saturated rings. The Morgan fingerprint density at radius 3 is 2.74 bits per heavy atom. The number of amides is 1. The van der Waals surface area contributed by atoms with Gasteiger partial charge in [-0.1, -0.05) is 18.2 Å². The summed E-state index contributed by atoms with van der Waals surface area (Å²) in [7, 11) is 0.